The first-order valence-electron chi connectivity index (χ1n) is 17.3. The third-order valence-corrected chi connectivity index (χ3v) is 8.24. The van der Waals surface area contributed by atoms with Gasteiger partial charge in [-0.15, -0.1) is 0 Å². The molecule has 48 heavy (non-hydrogen) atoms. The van der Waals surface area contributed by atoms with Crippen LogP contribution in [0.15, 0.2) is 42.5 Å². The zero-order valence-corrected chi connectivity index (χ0v) is 29.3. The summed E-state index contributed by atoms with van der Waals surface area (Å²) in [4.78, 5) is 23.2. The molecular formula is C39H54O9. The van der Waals surface area contributed by atoms with Gasteiger partial charge in [0.15, 0.2) is 23.0 Å². The van der Waals surface area contributed by atoms with E-state index in [1.54, 1.807) is 28.4 Å². The summed E-state index contributed by atoms with van der Waals surface area (Å²) >= 11 is 0. The fourth-order valence-corrected chi connectivity index (χ4v) is 5.57. The van der Waals surface area contributed by atoms with Crippen LogP contribution in [-0.2, 0) is 19.1 Å². The number of carbonyl (C=O) groups is 2. The number of methoxy groups -OCH3 is 4. The van der Waals surface area contributed by atoms with Gasteiger partial charge >= 0.3 is 11.9 Å². The maximum atomic E-state index is 12.0. The van der Waals surface area contributed by atoms with Crippen molar-refractivity contribution in [3.63, 3.8) is 0 Å². The molecule has 1 aliphatic heterocycles. The molecule has 1 aliphatic rings. The summed E-state index contributed by atoms with van der Waals surface area (Å²) in [6, 6.07) is 9.70. The highest BCUT2D eigenvalue weighted by Crippen LogP contribution is 2.39. The molecule has 0 saturated heterocycles. The van der Waals surface area contributed by atoms with Crippen molar-refractivity contribution in [2.75, 3.05) is 41.7 Å². The molecule has 0 amide bonds. The van der Waals surface area contributed by atoms with Gasteiger partial charge in [-0.1, -0.05) is 62.8 Å². The Bertz CT molecular complexity index is 1290. The van der Waals surface area contributed by atoms with E-state index >= 15 is 0 Å². The summed E-state index contributed by atoms with van der Waals surface area (Å²) in [6.45, 7) is 1.10. The molecule has 0 radical (unpaired) electrons. The normalized spacial score (nSPS) is 14.1. The fourth-order valence-electron chi connectivity index (χ4n) is 5.57. The molecule has 3 rings (SSSR count). The van der Waals surface area contributed by atoms with E-state index in [9.17, 15) is 9.59 Å². The highest BCUT2D eigenvalue weighted by Gasteiger charge is 2.15. The predicted molar refractivity (Wildman–Crippen MR) is 188 cm³/mol. The molecule has 2 aromatic carbocycles. The number of carbonyl (C=O) groups excluding carboxylic acids is 2. The lowest BCUT2D eigenvalue weighted by Crippen LogP contribution is -2.19. The van der Waals surface area contributed by atoms with E-state index in [1.165, 1.54) is 25.3 Å². The lowest BCUT2D eigenvalue weighted by molar-refractivity contribution is -0.145. The Hall–Kier alpha value is -4.14. The fraction of sp³-hybridized carbons (Fsp3) is 0.538. The first-order valence-corrected chi connectivity index (χ1v) is 17.3. The molecule has 264 valence electrons. The maximum absolute atomic E-state index is 12.0. The summed E-state index contributed by atoms with van der Waals surface area (Å²) in [6.07, 6.45) is 21.0. The molecule has 1 heterocycles. The topological polar surface area (TPSA) is 98.8 Å². The molecule has 0 N–H and O–H groups in total. The van der Waals surface area contributed by atoms with E-state index in [1.807, 2.05) is 48.6 Å². The first kappa shape index (κ1) is 38.3. The zero-order chi connectivity index (χ0) is 34.4. The van der Waals surface area contributed by atoms with E-state index in [0.29, 0.717) is 42.6 Å². The quantitative estimate of drug-likeness (QED) is 0.0619. The van der Waals surface area contributed by atoms with Gasteiger partial charge in [0.1, 0.15) is 6.10 Å². The van der Waals surface area contributed by atoms with Gasteiger partial charge in [0.2, 0.25) is 5.75 Å². The van der Waals surface area contributed by atoms with Crippen LogP contribution >= 0.6 is 0 Å². The first-order chi connectivity index (χ1) is 23.5. The Morgan fingerprint density at radius 3 is 1.98 bits per heavy atom. The summed E-state index contributed by atoms with van der Waals surface area (Å²) in [5.74, 6) is 2.86. The Morgan fingerprint density at radius 1 is 0.708 bits per heavy atom. The largest absolute Gasteiger partial charge is 0.493 e. The molecular weight excluding hydrogens is 612 g/mol. The van der Waals surface area contributed by atoms with Crippen molar-refractivity contribution in [3.8, 4) is 28.7 Å². The number of rotatable bonds is 24. The zero-order valence-electron chi connectivity index (χ0n) is 29.3. The van der Waals surface area contributed by atoms with Crippen molar-refractivity contribution in [1.29, 1.82) is 0 Å². The Morgan fingerprint density at radius 2 is 1.31 bits per heavy atom. The van der Waals surface area contributed by atoms with Crippen LogP contribution in [0.1, 0.15) is 101 Å². The van der Waals surface area contributed by atoms with E-state index in [0.717, 1.165) is 81.1 Å². The number of hydrogen-bond acceptors (Lipinski definition) is 9. The van der Waals surface area contributed by atoms with Crippen molar-refractivity contribution >= 4 is 24.1 Å². The number of cyclic esters (lactones) is 1. The van der Waals surface area contributed by atoms with Gasteiger partial charge in [0.05, 0.1) is 41.7 Å². The van der Waals surface area contributed by atoms with Crippen LogP contribution in [0.5, 0.6) is 28.7 Å². The molecule has 1 atom stereocenters. The van der Waals surface area contributed by atoms with E-state index in [2.05, 4.69) is 0 Å². The van der Waals surface area contributed by atoms with E-state index in [4.69, 9.17) is 33.2 Å². The second-order valence-corrected chi connectivity index (χ2v) is 11.9. The summed E-state index contributed by atoms with van der Waals surface area (Å²) in [7, 11) is 6.45. The van der Waals surface area contributed by atoms with Crippen LogP contribution in [0, 0.1) is 0 Å². The SMILES string of the molecule is COc1ccc(/C=C\c2cc(OC)c(OC)c(OC)c2)cc1OCCCCCCCCCCC(=O)OCCCCC[C@@H]1CC=CC(=O)O1. The van der Waals surface area contributed by atoms with Crippen LogP contribution in [0.25, 0.3) is 12.2 Å². The van der Waals surface area contributed by atoms with Crippen LogP contribution in [-0.4, -0.2) is 59.7 Å². The van der Waals surface area contributed by atoms with Gasteiger partial charge < -0.3 is 33.2 Å². The Kier molecular flexibility index (Phi) is 17.9. The highest BCUT2D eigenvalue weighted by molar-refractivity contribution is 5.82. The van der Waals surface area contributed by atoms with Gasteiger partial charge in [0, 0.05) is 18.9 Å². The molecule has 9 nitrogen and oxygen atoms in total. The van der Waals surface area contributed by atoms with Gasteiger partial charge in [-0.3, -0.25) is 4.79 Å². The van der Waals surface area contributed by atoms with Gasteiger partial charge in [-0.2, -0.15) is 0 Å². The Labute approximate surface area is 286 Å². The maximum Gasteiger partial charge on any atom is 0.330 e. The van der Waals surface area contributed by atoms with Crippen molar-refractivity contribution in [1.82, 2.24) is 0 Å². The Balaban J connectivity index is 1.22. The average Bonchev–Trinajstić information content (AvgIpc) is 3.10. The minimum absolute atomic E-state index is 0.00366. The third-order valence-electron chi connectivity index (χ3n) is 8.24. The van der Waals surface area contributed by atoms with Crippen molar-refractivity contribution in [2.45, 2.75) is 96.0 Å². The number of ether oxygens (including phenoxy) is 7. The summed E-state index contributed by atoms with van der Waals surface area (Å²) < 4.78 is 38.6. The standard InChI is InChI=1S/C39H54O9/c1-42-33-24-23-30(21-22-31-28-35(43-2)39(45-4)36(29-31)44-3)27-34(33)46-25-14-10-8-6-5-7-9-13-19-37(40)47-26-15-11-12-17-32-18-16-20-38(41)48-32/h16,20-24,27-29,32H,5-15,17-19,25-26H2,1-4H3/b22-21-/t32-/m1/s1. The lowest BCUT2D eigenvalue weighted by atomic mass is 10.1. The number of benzene rings is 2. The van der Waals surface area contributed by atoms with Crippen LogP contribution in [0.4, 0.5) is 0 Å². The molecule has 0 aromatic heterocycles. The highest BCUT2D eigenvalue weighted by atomic mass is 16.5. The molecule has 0 saturated carbocycles. The molecule has 0 unspecified atom stereocenters. The second kappa shape index (κ2) is 22.4. The van der Waals surface area contributed by atoms with Crippen molar-refractivity contribution in [3.05, 3.63) is 53.6 Å². The second-order valence-electron chi connectivity index (χ2n) is 11.9. The molecule has 2 aromatic rings. The summed E-state index contributed by atoms with van der Waals surface area (Å²) in [5.41, 5.74) is 1.91. The summed E-state index contributed by atoms with van der Waals surface area (Å²) in [5, 5.41) is 0. The minimum Gasteiger partial charge on any atom is -0.493 e. The molecule has 0 bridgehead atoms. The van der Waals surface area contributed by atoms with Crippen LogP contribution < -0.4 is 23.7 Å². The number of esters is 2. The monoisotopic (exact) mass is 666 g/mol. The predicted octanol–water partition coefficient (Wildman–Crippen LogP) is 8.76. The number of hydrogen-bond donors (Lipinski definition) is 0. The smallest absolute Gasteiger partial charge is 0.330 e. The lowest BCUT2D eigenvalue weighted by Gasteiger charge is -2.18. The van der Waals surface area contributed by atoms with Crippen molar-refractivity contribution in [2.24, 2.45) is 0 Å². The van der Waals surface area contributed by atoms with Crippen LogP contribution in [0.2, 0.25) is 0 Å². The van der Waals surface area contributed by atoms with Gasteiger partial charge in [-0.05, 0) is 73.9 Å². The average molecular weight is 667 g/mol. The third kappa shape index (κ3) is 13.9. The van der Waals surface area contributed by atoms with Gasteiger partial charge in [-0.25, -0.2) is 4.79 Å². The van der Waals surface area contributed by atoms with E-state index in [-0.39, 0.29) is 18.0 Å². The van der Waals surface area contributed by atoms with Crippen molar-refractivity contribution < 1.29 is 42.7 Å². The van der Waals surface area contributed by atoms with E-state index < -0.39 is 0 Å². The molecule has 9 heteroatoms. The number of unbranched alkanes of at least 4 members (excludes halogenated alkanes) is 9. The van der Waals surface area contributed by atoms with Crippen LogP contribution in [0.3, 0.4) is 0 Å². The van der Waals surface area contributed by atoms with Gasteiger partial charge in [0.25, 0.3) is 0 Å². The minimum atomic E-state index is -0.248. The molecule has 0 aliphatic carbocycles. The molecule has 0 fully saturated rings. The molecule has 0 spiro atoms.